The zero-order valence-electron chi connectivity index (χ0n) is 11.6. The molecule has 6 heteroatoms. The van der Waals surface area contributed by atoms with E-state index in [1.165, 1.54) is 12.1 Å². The first-order chi connectivity index (χ1) is 9.92. The Bertz CT molecular complexity index is 564. The van der Waals surface area contributed by atoms with E-state index in [1.54, 1.807) is 0 Å². The number of rotatable bonds is 4. The minimum absolute atomic E-state index is 0.0247. The van der Waals surface area contributed by atoms with Gasteiger partial charge >= 0.3 is 5.97 Å². The quantitative estimate of drug-likeness (QED) is 0.893. The number of halogens is 2. The molecule has 1 aromatic rings. The fourth-order valence-corrected chi connectivity index (χ4v) is 2.97. The molecule has 0 aliphatic heterocycles. The van der Waals surface area contributed by atoms with Crippen LogP contribution in [0.4, 0.5) is 10.1 Å². The van der Waals surface area contributed by atoms with Gasteiger partial charge in [0, 0.05) is 5.69 Å². The maximum absolute atomic E-state index is 13.4. The number of carbonyl (C=O) groups excluding carboxylic acids is 1. The number of aliphatic carboxylic acids is 1. The summed E-state index contributed by atoms with van der Waals surface area (Å²) < 4.78 is 13.4. The molecule has 114 valence electrons. The average molecular weight is 314 g/mol. The second kappa shape index (κ2) is 6.43. The van der Waals surface area contributed by atoms with Gasteiger partial charge in [0.15, 0.2) is 0 Å². The molecule has 0 aromatic heterocycles. The Morgan fingerprint density at radius 2 is 2.05 bits per heavy atom. The fourth-order valence-electron chi connectivity index (χ4n) is 2.85. The van der Waals surface area contributed by atoms with E-state index in [1.807, 2.05) is 6.92 Å². The van der Waals surface area contributed by atoms with Crippen molar-refractivity contribution in [2.45, 2.75) is 26.2 Å². The highest BCUT2D eigenvalue weighted by Gasteiger charge is 2.42. The lowest BCUT2D eigenvalue weighted by atomic mass is 9.95. The first-order valence-electron chi connectivity index (χ1n) is 6.91. The van der Waals surface area contributed by atoms with Crippen molar-refractivity contribution < 1.29 is 19.1 Å². The van der Waals surface area contributed by atoms with Gasteiger partial charge in [0.05, 0.1) is 16.9 Å². The van der Waals surface area contributed by atoms with Gasteiger partial charge in [-0.1, -0.05) is 24.9 Å². The minimum atomic E-state index is -0.951. The molecule has 0 spiro atoms. The van der Waals surface area contributed by atoms with Crippen LogP contribution in [0.1, 0.15) is 26.2 Å². The third-order valence-electron chi connectivity index (χ3n) is 4.08. The Labute approximate surface area is 127 Å². The average Bonchev–Trinajstić information content (AvgIpc) is 2.87. The monoisotopic (exact) mass is 313 g/mol. The molecule has 1 aliphatic rings. The van der Waals surface area contributed by atoms with Gasteiger partial charge in [0.25, 0.3) is 0 Å². The number of hydrogen-bond donors (Lipinski definition) is 2. The molecule has 1 aromatic carbocycles. The van der Waals surface area contributed by atoms with E-state index in [9.17, 15) is 19.1 Å². The van der Waals surface area contributed by atoms with Gasteiger partial charge < -0.3 is 10.4 Å². The maximum atomic E-state index is 13.4. The van der Waals surface area contributed by atoms with Crippen molar-refractivity contribution in [2.75, 3.05) is 5.32 Å². The van der Waals surface area contributed by atoms with E-state index < -0.39 is 23.6 Å². The third-order valence-corrected chi connectivity index (χ3v) is 4.39. The molecule has 1 aliphatic carbocycles. The van der Waals surface area contributed by atoms with Crippen LogP contribution in [0.2, 0.25) is 5.02 Å². The molecule has 1 unspecified atom stereocenters. The summed E-state index contributed by atoms with van der Waals surface area (Å²) in [7, 11) is 0. The Hall–Kier alpha value is -1.62. The SMILES string of the molecule is CCC1C[C@H](C(=O)Nc2ccc(Cl)c(F)c2)[C@H](C(=O)O)C1. The van der Waals surface area contributed by atoms with Gasteiger partial charge in [-0.05, 0) is 37.0 Å². The zero-order valence-corrected chi connectivity index (χ0v) is 12.4. The molecular weight excluding hydrogens is 297 g/mol. The summed E-state index contributed by atoms with van der Waals surface area (Å²) >= 11 is 5.58. The lowest BCUT2D eigenvalue weighted by Crippen LogP contribution is -2.30. The van der Waals surface area contributed by atoms with Crippen molar-refractivity contribution in [1.29, 1.82) is 0 Å². The van der Waals surface area contributed by atoms with Crippen LogP contribution in [0.25, 0.3) is 0 Å². The van der Waals surface area contributed by atoms with Crippen molar-refractivity contribution >= 4 is 29.2 Å². The topological polar surface area (TPSA) is 66.4 Å². The Balaban J connectivity index is 2.11. The summed E-state index contributed by atoms with van der Waals surface area (Å²) in [4.78, 5) is 23.5. The van der Waals surface area contributed by atoms with Crippen LogP contribution in [-0.4, -0.2) is 17.0 Å². The van der Waals surface area contributed by atoms with Crippen LogP contribution in [0, 0.1) is 23.6 Å². The van der Waals surface area contributed by atoms with E-state index in [-0.39, 0.29) is 22.5 Å². The number of anilines is 1. The Morgan fingerprint density at radius 1 is 1.38 bits per heavy atom. The summed E-state index contributed by atoms with van der Waals surface area (Å²) in [5.41, 5.74) is 0.283. The van der Waals surface area contributed by atoms with Gasteiger partial charge in [-0.3, -0.25) is 9.59 Å². The lowest BCUT2D eigenvalue weighted by molar-refractivity contribution is -0.145. The van der Waals surface area contributed by atoms with Crippen molar-refractivity contribution in [3.63, 3.8) is 0 Å². The highest BCUT2D eigenvalue weighted by molar-refractivity contribution is 6.30. The molecule has 1 fully saturated rings. The number of hydrogen-bond acceptors (Lipinski definition) is 2. The van der Waals surface area contributed by atoms with E-state index >= 15 is 0 Å². The molecule has 21 heavy (non-hydrogen) atoms. The van der Waals surface area contributed by atoms with E-state index in [2.05, 4.69) is 5.32 Å². The minimum Gasteiger partial charge on any atom is -0.481 e. The van der Waals surface area contributed by atoms with Crippen LogP contribution in [-0.2, 0) is 9.59 Å². The molecule has 1 amide bonds. The number of carboxylic acids is 1. The molecule has 4 nitrogen and oxygen atoms in total. The maximum Gasteiger partial charge on any atom is 0.307 e. The van der Waals surface area contributed by atoms with E-state index in [0.29, 0.717) is 12.8 Å². The predicted molar refractivity (Wildman–Crippen MR) is 77.7 cm³/mol. The molecule has 0 saturated heterocycles. The van der Waals surface area contributed by atoms with Crippen molar-refractivity contribution in [3.05, 3.63) is 29.0 Å². The standard InChI is InChI=1S/C15H17ClFNO3/c1-2-8-5-10(11(6-8)15(20)21)14(19)18-9-3-4-12(16)13(17)7-9/h3-4,7-8,10-11H,2,5-6H2,1H3,(H,18,19)(H,20,21)/t8?,10-,11+/m0/s1. The van der Waals surface area contributed by atoms with Gasteiger partial charge in [0.2, 0.25) is 5.91 Å². The van der Waals surface area contributed by atoms with Crippen LogP contribution in [0.3, 0.4) is 0 Å². The first-order valence-corrected chi connectivity index (χ1v) is 7.28. The first kappa shape index (κ1) is 15.8. The summed E-state index contributed by atoms with van der Waals surface area (Å²) in [5.74, 6) is -2.96. The predicted octanol–water partition coefficient (Wildman–Crippen LogP) is 3.55. The zero-order chi connectivity index (χ0) is 15.6. The second-order valence-corrected chi connectivity index (χ2v) is 5.82. The summed E-state index contributed by atoms with van der Waals surface area (Å²) in [6.45, 7) is 1.98. The van der Waals surface area contributed by atoms with Crippen LogP contribution < -0.4 is 5.32 Å². The van der Waals surface area contributed by atoms with Crippen LogP contribution in [0.5, 0.6) is 0 Å². The summed E-state index contributed by atoms with van der Waals surface area (Å²) in [6, 6.07) is 3.97. The Kier molecular flexibility index (Phi) is 4.83. The van der Waals surface area contributed by atoms with Crippen molar-refractivity contribution in [2.24, 2.45) is 17.8 Å². The van der Waals surface area contributed by atoms with Crippen molar-refractivity contribution in [3.8, 4) is 0 Å². The van der Waals surface area contributed by atoms with Crippen molar-refractivity contribution in [1.82, 2.24) is 0 Å². The fraction of sp³-hybridized carbons (Fsp3) is 0.467. The van der Waals surface area contributed by atoms with E-state index in [0.717, 1.165) is 12.5 Å². The molecular formula is C15H17ClFNO3. The molecule has 0 bridgehead atoms. The molecule has 0 heterocycles. The normalized spacial score (nSPS) is 24.8. The van der Waals surface area contributed by atoms with E-state index in [4.69, 9.17) is 11.6 Å². The van der Waals surface area contributed by atoms with Gasteiger partial charge in [-0.15, -0.1) is 0 Å². The largest absolute Gasteiger partial charge is 0.481 e. The van der Waals surface area contributed by atoms with Gasteiger partial charge in [-0.2, -0.15) is 0 Å². The lowest BCUT2D eigenvalue weighted by Gasteiger charge is -2.15. The Morgan fingerprint density at radius 3 is 2.62 bits per heavy atom. The highest BCUT2D eigenvalue weighted by atomic mass is 35.5. The smallest absolute Gasteiger partial charge is 0.307 e. The summed E-state index contributed by atoms with van der Waals surface area (Å²) in [5, 5.41) is 11.8. The van der Waals surface area contributed by atoms with Gasteiger partial charge in [-0.25, -0.2) is 4.39 Å². The number of carboxylic acid groups (broad SMARTS) is 1. The highest BCUT2D eigenvalue weighted by Crippen LogP contribution is 2.39. The number of carbonyl (C=O) groups is 2. The second-order valence-electron chi connectivity index (χ2n) is 5.42. The summed E-state index contributed by atoms with van der Waals surface area (Å²) in [6.07, 6.45) is 1.91. The molecule has 0 radical (unpaired) electrons. The molecule has 3 atom stereocenters. The number of benzene rings is 1. The number of amides is 1. The van der Waals surface area contributed by atoms with Gasteiger partial charge in [0.1, 0.15) is 5.82 Å². The molecule has 2 rings (SSSR count). The molecule has 2 N–H and O–H groups in total. The molecule has 1 saturated carbocycles. The third kappa shape index (κ3) is 3.53. The van der Waals surface area contributed by atoms with Crippen LogP contribution >= 0.6 is 11.6 Å². The number of nitrogens with one attached hydrogen (secondary N) is 1. The van der Waals surface area contributed by atoms with Crippen LogP contribution in [0.15, 0.2) is 18.2 Å².